The molecule has 0 fully saturated rings. The molecule has 0 amide bonds. The van der Waals surface area contributed by atoms with Gasteiger partial charge in [-0.25, -0.2) is 36.0 Å². The van der Waals surface area contributed by atoms with E-state index in [4.69, 9.17) is 18.9 Å². The maximum Gasteiger partial charge on any atom is 2.00 e. The molecule has 0 saturated heterocycles. The molecule has 0 aliphatic rings. The standard InChI is InChI=1S/2C32H54O7S.Ca/c2*1-3-4-5-6-7-8-9-10-11-12-13-14-15-16-17-18-19-20-21-24-27-38-31(33)29-25-22-23-26-30(29)32(34)39-28(2)40(35,36)37;/h2*22-23,25-26,28H,3-21,24,27H2,1-2H3,(H,35,36,37);/q;;+2/p-2. The van der Waals surface area contributed by atoms with Crippen LogP contribution in [0.15, 0.2) is 48.5 Å². The van der Waals surface area contributed by atoms with Gasteiger partial charge in [0.15, 0.2) is 10.9 Å². The Morgan fingerprint density at radius 2 is 0.506 bits per heavy atom. The van der Waals surface area contributed by atoms with Crippen molar-refractivity contribution in [1.82, 2.24) is 0 Å². The third-order valence-electron chi connectivity index (χ3n) is 14.6. The summed E-state index contributed by atoms with van der Waals surface area (Å²) >= 11 is 0. The van der Waals surface area contributed by atoms with Crippen LogP contribution in [-0.2, 0) is 39.2 Å². The quantitative estimate of drug-likeness (QED) is 0.0198. The zero-order valence-electron chi connectivity index (χ0n) is 50.7. The van der Waals surface area contributed by atoms with Gasteiger partial charge >= 0.3 is 61.6 Å². The van der Waals surface area contributed by atoms with Crippen molar-refractivity contribution in [2.45, 2.75) is 295 Å². The Balaban J connectivity index is 0.00000156. The summed E-state index contributed by atoms with van der Waals surface area (Å²) in [6.45, 7) is 6.97. The smallest absolute Gasteiger partial charge is 0.745 e. The second-order valence-corrected chi connectivity index (χ2v) is 25.0. The topological polar surface area (TPSA) is 220 Å². The van der Waals surface area contributed by atoms with Crippen LogP contribution in [0.5, 0.6) is 0 Å². The van der Waals surface area contributed by atoms with Gasteiger partial charge < -0.3 is 28.1 Å². The van der Waals surface area contributed by atoms with Crippen molar-refractivity contribution in [2.24, 2.45) is 0 Å². The number of carbonyl (C=O) groups is 4. The second-order valence-electron chi connectivity index (χ2n) is 21.7. The Morgan fingerprint density at radius 3 is 0.691 bits per heavy atom. The average Bonchev–Trinajstić information content (AvgIpc) is 3.44. The molecule has 17 heteroatoms. The van der Waals surface area contributed by atoms with Crippen LogP contribution in [0.1, 0.15) is 326 Å². The van der Waals surface area contributed by atoms with Gasteiger partial charge in [0.25, 0.3) is 0 Å². The molecule has 0 saturated carbocycles. The van der Waals surface area contributed by atoms with E-state index in [0.29, 0.717) is 0 Å². The van der Waals surface area contributed by atoms with E-state index in [0.717, 1.165) is 52.4 Å². The summed E-state index contributed by atoms with van der Waals surface area (Å²) in [5.41, 5.74) is -4.00. The summed E-state index contributed by atoms with van der Waals surface area (Å²) in [5, 5.41) is 0. The van der Waals surface area contributed by atoms with Crippen LogP contribution < -0.4 is 0 Å². The molecule has 0 radical (unpaired) electrons. The predicted molar refractivity (Wildman–Crippen MR) is 324 cm³/mol. The molecule has 0 aromatic heterocycles. The molecule has 2 aromatic carbocycles. The molecule has 0 aliphatic heterocycles. The van der Waals surface area contributed by atoms with Crippen LogP contribution in [0.25, 0.3) is 0 Å². The van der Waals surface area contributed by atoms with Crippen molar-refractivity contribution in [1.29, 1.82) is 0 Å². The molecule has 14 nitrogen and oxygen atoms in total. The van der Waals surface area contributed by atoms with Crippen molar-refractivity contribution in [3.05, 3.63) is 70.8 Å². The van der Waals surface area contributed by atoms with Crippen molar-refractivity contribution in [3.63, 3.8) is 0 Å². The Labute approximate surface area is 521 Å². The Hall–Kier alpha value is -2.60. The van der Waals surface area contributed by atoms with Gasteiger partial charge in [-0.2, -0.15) is 0 Å². The van der Waals surface area contributed by atoms with E-state index in [9.17, 15) is 45.1 Å². The zero-order valence-corrected chi connectivity index (χ0v) is 54.6. The SMILES string of the molecule is CCCCCCCCCCCCCCCCCCCCCCOC(=O)c1ccccc1C(=O)OC(C)S(=O)(=O)[O-].CCCCCCCCCCCCCCCCCCCCCCOC(=O)c1ccccc1C(=O)OC(C)S(=O)(=O)[O-].[Ca+2]. The summed E-state index contributed by atoms with van der Waals surface area (Å²) < 4.78 is 86.0. The summed E-state index contributed by atoms with van der Waals surface area (Å²) in [6, 6.07) is 11.7. The fraction of sp³-hybridized carbons (Fsp3) is 0.750. The Bertz CT molecular complexity index is 1980. The largest absolute Gasteiger partial charge is 2.00 e. The third kappa shape index (κ3) is 42.8. The van der Waals surface area contributed by atoms with Crippen molar-refractivity contribution < 1.29 is 64.1 Å². The van der Waals surface area contributed by atoms with Crippen LogP contribution >= 0.6 is 0 Å². The van der Waals surface area contributed by atoms with Gasteiger partial charge in [-0.1, -0.05) is 282 Å². The van der Waals surface area contributed by atoms with E-state index in [-0.39, 0.29) is 73.2 Å². The molecule has 0 heterocycles. The van der Waals surface area contributed by atoms with E-state index in [1.807, 2.05) is 0 Å². The van der Waals surface area contributed by atoms with Gasteiger partial charge in [-0.3, -0.25) is 0 Å². The minimum atomic E-state index is -4.79. The molecule has 0 aliphatic carbocycles. The first kappa shape index (κ1) is 78.4. The first-order valence-electron chi connectivity index (χ1n) is 31.4. The maximum absolute atomic E-state index is 12.4. The van der Waals surface area contributed by atoms with Gasteiger partial charge in [0.05, 0.1) is 35.5 Å². The average molecular weight is 1200 g/mol. The minimum absolute atomic E-state index is 0. The van der Waals surface area contributed by atoms with Gasteiger partial charge in [-0.05, 0) is 51.0 Å². The molecule has 0 bridgehead atoms. The molecule has 2 unspecified atom stereocenters. The number of carbonyl (C=O) groups excluding carboxylic acids is 4. The number of benzene rings is 2. The summed E-state index contributed by atoms with van der Waals surface area (Å²) in [5.74, 6) is -3.47. The molecular formula is C64H106CaO14S2. The summed E-state index contributed by atoms with van der Waals surface area (Å²) in [6.07, 6.45) is 51.8. The van der Waals surface area contributed by atoms with Gasteiger partial charge in [0, 0.05) is 0 Å². The zero-order chi connectivity index (χ0) is 59.0. The molecule has 2 aromatic rings. The number of hydrogen-bond acceptors (Lipinski definition) is 14. The number of hydrogen-bond donors (Lipinski definition) is 0. The minimum Gasteiger partial charge on any atom is -0.745 e. The van der Waals surface area contributed by atoms with E-state index in [1.54, 1.807) is 12.1 Å². The van der Waals surface area contributed by atoms with Crippen LogP contribution in [0.4, 0.5) is 0 Å². The van der Waals surface area contributed by atoms with Crippen molar-refractivity contribution >= 4 is 81.9 Å². The second kappa shape index (κ2) is 51.8. The molecule has 81 heavy (non-hydrogen) atoms. The number of ether oxygens (including phenoxy) is 4. The van der Waals surface area contributed by atoms with E-state index in [2.05, 4.69) is 13.8 Å². The van der Waals surface area contributed by atoms with Gasteiger partial charge in [0.1, 0.15) is 20.2 Å². The molecule has 460 valence electrons. The van der Waals surface area contributed by atoms with Gasteiger partial charge in [-0.15, -0.1) is 0 Å². The van der Waals surface area contributed by atoms with Crippen LogP contribution in [0.3, 0.4) is 0 Å². The van der Waals surface area contributed by atoms with Crippen molar-refractivity contribution in [3.8, 4) is 0 Å². The van der Waals surface area contributed by atoms with E-state index >= 15 is 0 Å². The number of esters is 4. The first-order chi connectivity index (χ1) is 38.5. The number of unbranched alkanes of at least 4 members (excludes halogenated alkanes) is 38. The predicted octanol–water partition coefficient (Wildman–Crippen LogP) is 17.0. The maximum atomic E-state index is 12.4. The third-order valence-corrected chi connectivity index (χ3v) is 16.4. The van der Waals surface area contributed by atoms with E-state index in [1.165, 1.54) is 255 Å². The first-order valence-corrected chi connectivity index (χ1v) is 34.3. The summed E-state index contributed by atoms with van der Waals surface area (Å²) in [4.78, 5) is 49.4. The van der Waals surface area contributed by atoms with Crippen LogP contribution in [0, 0.1) is 0 Å². The Morgan fingerprint density at radius 1 is 0.333 bits per heavy atom. The molecule has 2 rings (SSSR count). The molecule has 0 spiro atoms. The van der Waals surface area contributed by atoms with Crippen molar-refractivity contribution in [2.75, 3.05) is 13.2 Å². The molecular weight excluding hydrogens is 1100 g/mol. The molecule has 0 N–H and O–H groups in total. The van der Waals surface area contributed by atoms with Crippen LogP contribution in [-0.4, -0.2) is 112 Å². The van der Waals surface area contributed by atoms with Gasteiger partial charge in [0.2, 0.25) is 0 Å². The van der Waals surface area contributed by atoms with Crippen LogP contribution in [0.2, 0.25) is 0 Å². The number of rotatable bonds is 50. The van der Waals surface area contributed by atoms with E-state index < -0.39 is 55.0 Å². The molecule has 2 atom stereocenters. The fourth-order valence-electron chi connectivity index (χ4n) is 9.42. The monoisotopic (exact) mass is 1200 g/mol. The normalized spacial score (nSPS) is 12.1. The Kier molecular flexibility index (Phi) is 50.1. The summed E-state index contributed by atoms with van der Waals surface area (Å²) in [7, 11) is -9.58. The fourth-order valence-corrected chi connectivity index (χ4v) is 9.83.